The highest BCUT2D eigenvalue weighted by atomic mass is 19.1. The van der Waals surface area contributed by atoms with Crippen LogP contribution in [0.25, 0.3) is 11.1 Å². The molecule has 3 heterocycles. The van der Waals surface area contributed by atoms with Gasteiger partial charge in [0.15, 0.2) is 0 Å². The number of nitrogens with one attached hydrogen (secondary N) is 1. The first kappa shape index (κ1) is 17.7. The number of H-pyrrole nitrogens is 1. The van der Waals surface area contributed by atoms with Crippen LogP contribution in [-0.4, -0.2) is 26.0 Å². The van der Waals surface area contributed by atoms with Crippen LogP contribution in [0.1, 0.15) is 28.3 Å². The minimum absolute atomic E-state index is 0.0302. The van der Waals surface area contributed by atoms with Crippen molar-refractivity contribution in [3.8, 4) is 11.1 Å². The average Bonchev–Trinajstić information content (AvgIpc) is 3.05. The normalized spacial score (nSPS) is 14.4. The Morgan fingerprint density at radius 3 is 2.78 bits per heavy atom. The maximum absolute atomic E-state index is 13.6. The molecule has 3 aromatic rings. The Labute approximate surface area is 157 Å². The summed E-state index contributed by atoms with van der Waals surface area (Å²) in [4.78, 5) is 22.7. The fraction of sp³-hybridized carbons (Fsp3) is 0.333. The fourth-order valence-electron chi connectivity index (χ4n) is 3.83. The smallest absolute Gasteiger partial charge is 0.258 e. The SMILES string of the molecule is Cc1ncc(CN2CCc3c(cc(-c4ccc(F)c(C)c4)c(=O)n3C)C2)[nH]1. The Bertz CT molecular complexity index is 1070. The molecule has 0 amide bonds. The molecule has 0 bridgehead atoms. The van der Waals surface area contributed by atoms with Gasteiger partial charge in [0, 0.05) is 56.3 Å². The zero-order chi connectivity index (χ0) is 19.1. The highest BCUT2D eigenvalue weighted by Gasteiger charge is 2.22. The lowest BCUT2D eigenvalue weighted by Crippen LogP contribution is -2.35. The monoisotopic (exact) mass is 366 g/mol. The van der Waals surface area contributed by atoms with Gasteiger partial charge < -0.3 is 9.55 Å². The third kappa shape index (κ3) is 3.32. The molecule has 27 heavy (non-hydrogen) atoms. The van der Waals surface area contributed by atoms with Crippen LogP contribution in [0.15, 0.2) is 35.3 Å². The number of aryl methyl sites for hydroxylation is 2. The fourth-order valence-corrected chi connectivity index (χ4v) is 3.83. The molecule has 5 nitrogen and oxygen atoms in total. The number of halogens is 1. The summed E-state index contributed by atoms with van der Waals surface area (Å²) in [6.45, 7) is 6.13. The number of aromatic nitrogens is 3. The van der Waals surface area contributed by atoms with Gasteiger partial charge in [0.25, 0.3) is 5.56 Å². The summed E-state index contributed by atoms with van der Waals surface area (Å²) in [5.41, 5.74) is 5.23. The van der Waals surface area contributed by atoms with Crippen LogP contribution in [-0.2, 0) is 26.6 Å². The quantitative estimate of drug-likeness (QED) is 0.775. The average molecular weight is 366 g/mol. The predicted octanol–water partition coefficient (Wildman–Crippen LogP) is 3.09. The summed E-state index contributed by atoms with van der Waals surface area (Å²) >= 11 is 0. The van der Waals surface area contributed by atoms with E-state index in [9.17, 15) is 9.18 Å². The first-order valence-electron chi connectivity index (χ1n) is 9.13. The van der Waals surface area contributed by atoms with Gasteiger partial charge in [-0.3, -0.25) is 9.69 Å². The third-order valence-corrected chi connectivity index (χ3v) is 5.31. The minimum Gasteiger partial charge on any atom is -0.345 e. The molecule has 4 rings (SSSR count). The molecule has 1 aliphatic heterocycles. The van der Waals surface area contributed by atoms with E-state index < -0.39 is 0 Å². The minimum atomic E-state index is -0.255. The van der Waals surface area contributed by atoms with E-state index in [4.69, 9.17) is 0 Å². The number of hydrogen-bond donors (Lipinski definition) is 1. The van der Waals surface area contributed by atoms with Crippen molar-refractivity contribution >= 4 is 0 Å². The largest absolute Gasteiger partial charge is 0.345 e. The molecule has 0 unspecified atom stereocenters. The van der Waals surface area contributed by atoms with Gasteiger partial charge in [-0.05, 0) is 48.7 Å². The van der Waals surface area contributed by atoms with Gasteiger partial charge in [-0.25, -0.2) is 9.37 Å². The van der Waals surface area contributed by atoms with Gasteiger partial charge in [-0.1, -0.05) is 6.07 Å². The summed E-state index contributed by atoms with van der Waals surface area (Å²) in [5, 5.41) is 0. The summed E-state index contributed by atoms with van der Waals surface area (Å²) < 4.78 is 15.4. The summed E-state index contributed by atoms with van der Waals surface area (Å²) in [6.07, 6.45) is 2.70. The molecule has 0 radical (unpaired) electrons. The van der Waals surface area contributed by atoms with Crippen molar-refractivity contribution in [2.24, 2.45) is 7.05 Å². The topological polar surface area (TPSA) is 53.9 Å². The van der Waals surface area contributed by atoms with Crippen molar-refractivity contribution in [2.45, 2.75) is 33.4 Å². The van der Waals surface area contributed by atoms with Gasteiger partial charge in [0.05, 0.1) is 0 Å². The second-order valence-corrected chi connectivity index (χ2v) is 7.31. The number of fused-ring (bicyclic) bond motifs is 1. The summed E-state index contributed by atoms with van der Waals surface area (Å²) in [5.74, 6) is 0.660. The van der Waals surface area contributed by atoms with Gasteiger partial charge in [-0.15, -0.1) is 0 Å². The van der Waals surface area contributed by atoms with E-state index >= 15 is 0 Å². The van der Waals surface area contributed by atoms with Crippen LogP contribution >= 0.6 is 0 Å². The zero-order valence-electron chi connectivity index (χ0n) is 15.8. The second-order valence-electron chi connectivity index (χ2n) is 7.31. The van der Waals surface area contributed by atoms with E-state index in [0.717, 1.165) is 54.4 Å². The summed E-state index contributed by atoms with van der Waals surface area (Å²) in [7, 11) is 1.83. The van der Waals surface area contributed by atoms with Crippen molar-refractivity contribution in [1.29, 1.82) is 0 Å². The van der Waals surface area contributed by atoms with Crippen molar-refractivity contribution in [1.82, 2.24) is 19.4 Å². The van der Waals surface area contributed by atoms with Crippen LogP contribution in [0.3, 0.4) is 0 Å². The number of hydrogen-bond acceptors (Lipinski definition) is 3. The van der Waals surface area contributed by atoms with E-state index in [1.807, 2.05) is 26.2 Å². The zero-order valence-corrected chi connectivity index (χ0v) is 15.8. The lowest BCUT2D eigenvalue weighted by atomic mass is 9.98. The maximum atomic E-state index is 13.6. The standard InChI is InChI=1S/C21H23FN4O/c1-13-8-15(4-5-19(13)22)18-9-16-11-26(12-17-10-23-14(2)24-17)7-6-20(16)25(3)21(18)27/h4-5,8-10H,6-7,11-12H2,1-3H3,(H,23,24). The Kier molecular flexibility index (Phi) is 4.44. The Morgan fingerprint density at radius 1 is 1.26 bits per heavy atom. The molecule has 0 fully saturated rings. The molecule has 1 N–H and O–H groups in total. The molecule has 0 atom stereocenters. The second kappa shape index (κ2) is 6.78. The number of aromatic amines is 1. The molecule has 6 heteroatoms. The molecule has 2 aromatic heterocycles. The molecule has 1 aliphatic rings. The highest BCUT2D eigenvalue weighted by Crippen LogP contribution is 2.25. The molecule has 0 spiro atoms. The van der Waals surface area contributed by atoms with Crippen LogP contribution in [0.2, 0.25) is 0 Å². The lowest BCUT2D eigenvalue weighted by Gasteiger charge is -2.30. The van der Waals surface area contributed by atoms with E-state index in [-0.39, 0.29) is 11.4 Å². The molecule has 0 aliphatic carbocycles. The van der Waals surface area contributed by atoms with E-state index in [0.29, 0.717) is 11.1 Å². The number of pyridine rings is 1. The first-order chi connectivity index (χ1) is 12.9. The summed E-state index contributed by atoms with van der Waals surface area (Å²) in [6, 6.07) is 6.83. The molecule has 0 saturated carbocycles. The molecular weight excluding hydrogens is 343 g/mol. The number of nitrogens with zero attached hydrogens (tertiary/aromatic N) is 3. The van der Waals surface area contributed by atoms with Gasteiger partial charge in [0.2, 0.25) is 0 Å². The van der Waals surface area contributed by atoms with Crippen LogP contribution in [0.5, 0.6) is 0 Å². The van der Waals surface area contributed by atoms with E-state index in [2.05, 4.69) is 14.9 Å². The van der Waals surface area contributed by atoms with Gasteiger partial charge in [0.1, 0.15) is 11.6 Å². The van der Waals surface area contributed by atoms with Crippen LogP contribution < -0.4 is 5.56 Å². The van der Waals surface area contributed by atoms with Gasteiger partial charge >= 0.3 is 0 Å². The Balaban J connectivity index is 1.69. The van der Waals surface area contributed by atoms with Crippen molar-refractivity contribution < 1.29 is 4.39 Å². The Hall–Kier alpha value is -2.73. The van der Waals surface area contributed by atoms with Crippen molar-refractivity contribution in [3.63, 3.8) is 0 Å². The van der Waals surface area contributed by atoms with E-state index in [1.54, 1.807) is 23.6 Å². The maximum Gasteiger partial charge on any atom is 0.258 e. The number of rotatable bonds is 3. The Morgan fingerprint density at radius 2 is 2.07 bits per heavy atom. The van der Waals surface area contributed by atoms with E-state index in [1.165, 1.54) is 6.07 Å². The molecule has 140 valence electrons. The lowest BCUT2D eigenvalue weighted by molar-refractivity contribution is 0.238. The van der Waals surface area contributed by atoms with Crippen LogP contribution in [0.4, 0.5) is 4.39 Å². The predicted molar refractivity (Wildman–Crippen MR) is 103 cm³/mol. The molecular formula is C21H23FN4O. The van der Waals surface area contributed by atoms with Crippen molar-refractivity contribution in [2.75, 3.05) is 6.54 Å². The number of benzene rings is 1. The first-order valence-corrected chi connectivity index (χ1v) is 9.13. The van der Waals surface area contributed by atoms with Crippen LogP contribution in [0, 0.1) is 19.7 Å². The van der Waals surface area contributed by atoms with Crippen molar-refractivity contribution in [3.05, 3.63) is 75.0 Å². The molecule has 1 aromatic carbocycles. The third-order valence-electron chi connectivity index (χ3n) is 5.31. The number of imidazole rings is 1. The molecule has 0 saturated heterocycles. The highest BCUT2D eigenvalue weighted by molar-refractivity contribution is 5.64. The van der Waals surface area contributed by atoms with Gasteiger partial charge in [-0.2, -0.15) is 0 Å².